The molecule has 192 valence electrons. The first-order valence-electron chi connectivity index (χ1n) is 12.1. The molecule has 2 aromatic rings. The van der Waals surface area contributed by atoms with E-state index in [2.05, 4.69) is 4.90 Å². The lowest BCUT2D eigenvalue weighted by Crippen LogP contribution is -2.42. The fourth-order valence-corrected chi connectivity index (χ4v) is 4.48. The number of amides is 1. The summed E-state index contributed by atoms with van der Waals surface area (Å²) in [5.74, 6) is -1.29. The van der Waals surface area contributed by atoms with Crippen molar-refractivity contribution in [1.29, 1.82) is 0 Å². The molecule has 36 heavy (non-hydrogen) atoms. The maximum absolute atomic E-state index is 13.5. The van der Waals surface area contributed by atoms with Crippen LogP contribution in [0, 0.1) is 5.82 Å². The Morgan fingerprint density at radius 1 is 1.08 bits per heavy atom. The van der Waals surface area contributed by atoms with Gasteiger partial charge in [0.25, 0.3) is 11.7 Å². The quantitative estimate of drug-likeness (QED) is 0.322. The Balaban J connectivity index is 1.75. The summed E-state index contributed by atoms with van der Waals surface area (Å²) < 4.78 is 30.2. The van der Waals surface area contributed by atoms with Crippen molar-refractivity contribution in [2.24, 2.45) is 0 Å². The second-order valence-electron chi connectivity index (χ2n) is 8.71. The fourth-order valence-electron chi connectivity index (χ4n) is 4.48. The van der Waals surface area contributed by atoms with Crippen molar-refractivity contribution < 1.29 is 33.3 Å². The monoisotopic (exact) mass is 498 g/mol. The molecule has 4 rings (SSSR count). The third-order valence-corrected chi connectivity index (χ3v) is 6.38. The SMILES string of the molecule is CCCOc1ccc([C@@H]2C(=C(O)c3ccc(F)cc3)C(=O)C(=O)N2CCN2CCOCC2)cc1OC. The zero-order valence-corrected chi connectivity index (χ0v) is 20.5. The van der Waals surface area contributed by atoms with Gasteiger partial charge in [-0.1, -0.05) is 13.0 Å². The highest BCUT2D eigenvalue weighted by Crippen LogP contribution is 2.42. The number of nitrogens with zero attached hydrogens (tertiary/aromatic N) is 2. The first kappa shape index (κ1) is 25.7. The number of carbonyl (C=O) groups excluding carboxylic acids is 2. The highest BCUT2D eigenvalue weighted by molar-refractivity contribution is 6.46. The van der Waals surface area contributed by atoms with Crippen LogP contribution in [-0.4, -0.2) is 79.7 Å². The number of aliphatic hydroxyl groups excluding tert-OH is 1. The number of ether oxygens (including phenoxy) is 3. The van der Waals surface area contributed by atoms with Crippen LogP contribution in [0.25, 0.3) is 5.76 Å². The van der Waals surface area contributed by atoms with E-state index in [1.807, 2.05) is 6.92 Å². The largest absolute Gasteiger partial charge is 0.507 e. The van der Waals surface area contributed by atoms with Crippen LogP contribution < -0.4 is 9.47 Å². The molecule has 2 saturated heterocycles. The third kappa shape index (κ3) is 5.37. The summed E-state index contributed by atoms with van der Waals surface area (Å²) in [6.07, 6.45) is 0.824. The van der Waals surface area contributed by atoms with Crippen LogP contribution in [0.5, 0.6) is 11.5 Å². The molecule has 2 aliphatic rings. The molecule has 2 fully saturated rings. The van der Waals surface area contributed by atoms with Gasteiger partial charge in [0.1, 0.15) is 11.6 Å². The van der Waals surface area contributed by atoms with Crippen LogP contribution in [0.3, 0.4) is 0 Å². The molecular weight excluding hydrogens is 467 g/mol. The number of aliphatic hydroxyl groups is 1. The Morgan fingerprint density at radius 2 is 1.81 bits per heavy atom. The summed E-state index contributed by atoms with van der Waals surface area (Å²) in [6.45, 7) is 6.05. The van der Waals surface area contributed by atoms with E-state index in [1.54, 1.807) is 18.2 Å². The number of halogens is 1. The van der Waals surface area contributed by atoms with Crippen LogP contribution in [-0.2, 0) is 14.3 Å². The molecule has 1 atom stereocenters. The lowest BCUT2D eigenvalue weighted by Gasteiger charge is -2.31. The number of likely N-dealkylation sites (tertiary alicyclic amines) is 1. The average molecular weight is 499 g/mol. The number of Topliss-reactive ketones (excluding diaryl/α,β-unsaturated/α-hetero) is 1. The van der Waals surface area contributed by atoms with E-state index < -0.39 is 23.5 Å². The minimum Gasteiger partial charge on any atom is -0.507 e. The molecule has 1 N–H and O–H groups in total. The average Bonchev–Trinajstić information content (AvgIpc) is 3.16. The topological polar surface area (TPSA) is 88.5 Å². The second-order valence-corrected chi connectivity index (χ2v) is 8.71. The zero-order valence-electron chi connectivity index (χ0n) is 20.5. The van der Waals surface area contributed by atoms with Gasteiger partial charge in [-0.05, 0) is 48.4 Å². The van der Waals surface area contributed by atoms with Crippen LogP contribution in [0.2, 0.25) is 0 Å². The van der Waals surface area contributed by atoms with Gasteiger partial charge in [-0.25, -0.2) is 4.39 Å². The van der Waals surface area contributed by atoms with E-state index in [0.29, 0.717) is 43.4 Å². The number of hydrogen-bond donors (Lipinski definition) is 1. The molecule has 0 aliphatic carbocycles. The first-order valence-corrected chi connectivity index (χ1v) is 12.1. The van der Waals surface area contributed by atoms with Gasteiger partial charge in [0, 0.05) is 31.7 Å². The summed E-state index contributed by atoms with van der Waals surface area (Å²) in [5, 5.41) is 11.1. The summed E-state index contributed by atoms with van der Waals surface area (Å²) >= 11 is 0. The third-order valence-electron chi connectivity index (χ3n) is 6.38. The van der Waals surface area contributed by atoms with Gasteiger partial charge in [-0.3, -0.25) is 14.5 Å². The molecule has 0 bridgehead atoms. The van der Waals surface area contributed by atoms with Crippen LogP contribution in [0.15, 0.2) is 48.0 Å². The van der Waals surface area contributed by atoms with Crippen molar-refractivity contribution in [3.63, 3.8) is 0 Å². The highest BCUT2D eigenvalue weighted by Gasteiger charge is 2.46. The molecule has 0 spiro atoms. The van der Waals surface area contributed by atoms with E-state index in [-0.39, 0.29) is 23.4 Å². The van der Waals surface area contributed by atoms with Crippen LogP contribution in [0.4, 0.5) is 4.39 Å². The molecular formula is C27H31FN2O6. The lowest BCUT2D eigenvalue weighted by atomic mass is 9.95. The maximum Gasteiger partial charge on any atom is 0.295 e. The van der Waals surface area contributed by atoms with Gasteiger partial charge >= 0.3 is 0 Å². The molecule has 0 aromatic heterocycles. The Hall–Kier alpha value is -3.43. The summed E-state index contributed by atoms with van der Waals surface area (Å²) in [6, 6.07) is 9.54. The summed E-state index contributed by atoms with van der Waals surface area (Å²) in [4.78, 5) is 30.1. The van der Waals surface area contributed by atoms with Crippen molar-refractivity contribution in [2.75, 3.05) is 53.1 Å². The molecule has 0 radical (unpaired) electrons. The number of benzene rings is 2. The van der Waals surface area contributed by atoms with E-state index in [0.717, 1.165) is 19.5 Å². The van der Waals surface area contributed by atoms with Crippen molar-refractivity contribution >= 4 is 17.4 Å². The standard InChI is InChI=1S/C27H31FN2O6/c1-3-14-36-21-9-6-19(17-22(21)34-2)24-23(25(31)18-4-7-20(28)8-5-18)26(32)27(33)30(24)11-10-29-12-15-35-16-13-29/h4-9,17,24,31H,3,10-16H2,1-2H3/t24-/m1/s1. The van der Waals surface area contributed by atoms with Crippen molar-refractivity contribution in [3.05, 3.63) is 65.0 Å². The predicted molar refractivity (Wildman–Crippen MR) is 131 cm³/mol. The first-order chi connectivity index (χ1) is 17.4. The Kier molecular flexibility index (Phi) is 8.22. The van der Waals surface area contributed by atoms with Crippen molar-refractivity contribution in [1.82, 2.24) is 9.80 Å². The molecule has 2 aliphatic heterocycles. The maximum atomic E-state index is 13.5. The summed E-state index contributed by atoms with van der Waals surface area (Å²) in [5.41, 5.74) is 0.806. The molecule has 2 heterocycles. The smallest absolute Gasteiger partial charge is 0.295 e. The molecule has 9 heteroatoms. The van der Waals surface area contributed by atoms with E-state index in [4.69, 9.17) is 14.2 Å². The molecule has 0 saturated carbocycles. The minimum absolute atomic E-state index is 0.0436. The number of carbonyl (C=O) groups is 2. The molecule has 2 aromatic carbocycles. The number of ketones is 1. The predicted octanol–water partition coefficient (Wildman–Crippen LogP) is 3.38. The van der Waals surface area contributed by atoms with E-state index in [1.165, 1.54) is 36.3 Å². The molecule has 8 nitrogen and oxygen atoms in total. The summed E-state index contributed by atoms with van der Waals surface area (Å²) in [7, 11) is 1.52. The van der Waals surface area contributed by atoms with Gasteiger partial charge in [-0.15, -0.1) is 0 Å². The highest BCUT2D eigenvalue weighted by atomic mass is 19.1. The molecule has 0 unspecified atom stereocenters. The van der Waals surface area contributed by atoms with Gasteiger partial charge in [0.05, 0.1) is 38.5 Å². The van der Waals surface area contributed by atoms with Gasteiger partial charge in [0.15, 0.2) is 11.5 Å². The van der Waals surface area contributed by atoms with Crippen molar-refractivity contribution in [2.45, 2.75) is 19.4 Å². The van der Waals surface area contributed by atoms with Crippen molar-refractivity contribution in [3.8, 4) is 11.5 Å². The zero-order chi connectivity index (χ0) is 25.7. The van der Waals surface area contributed by atoms with Gasteiger partial charge in [-0.2, -0.15) is 0 Å². The molecule has 1 amide bonds. The number of morpholine rings is 1. The minimum atomic E-state index is -0.842. The van der Waals surface area contributed by atoms with E-state index >= 15 is 0 Å². The van der Waals surface area contributed by atoms with Crippen LogP contribution >= 0.6 is 0 Å². The Bertz CT molecular complexity index is 1130. The number of rotatable bonds is 9. The Morgan fingerprint density at radius 3 is 2.47 bits per heavy atom. The number of methoxy groups -OCH3 is 1. The van der Waals surface area contributed by atoms with Crippen LogP contribution in [0.1, 0.15) is 30.5 Å². The fraction of sp³-hybridized carbons (Fsp3) is 0.407. The lowest BCUT2D eigenvalue weighted by molar-refractivity contribution is -0.140. The normalized spacial score (nSPS) is 20.1. The van der Waals surface area contributed by atoms with Gasteiger partial charge < -0.3 is 24.2 Å². The van der Waals surface area contributed by atoms with Gasteiger partial charge in [0.2, 0.25) is 0 Å². The second kappa shape index (κ2) is 11.5. The van der Waals surface area contributed by atoms with E-state index in [9.17, 15) is 19.1 Å². The Labute approximate surface area is 209 Å². The number of hydrogen-bond acceptors (Lipinski definition) is 7.